The molecule has 0 aliphatic carbocycles. The Balaban J connectivity index is 2.41. The van der Waals surface area contributed by atoms with Crippen LogP contribution in [0.1, 0.15) is 54.7 Å². The Morgan fingerprint density at radius 1 is 0.727 bits per heavy atom. The summed E-state index contributed by atoms with van der Waals surface area (Å²) >= 11 is 0. The highest BCUT2D eigenvalue weighted by Crippen LogP contribution is 2.21. The number of benzene rings is 2. The van der Waals surface area contributed by atoms with E-state index in [1.54, 1.807) is 0 Å². The molecule has 0 amide bonds. The Labute approximate surface area is 134 Å². The molecule has 0 heterocycles. The fourth-order valence-electron chi connectivity index (χ4n) is 2.86. The Hall–Kier alpha value is -1.89. The van der Waals surface area contributed by atoms with Crippen LogP contribution in [-0.4, -0.2) is 5.78 Å². The predicted octanol–water partition coefficient (Wildman–Crippen LogP) is 5.31. The van der Waals surface area contributed by atoms with Gasteiger partial charge < -0.3 is 0 Å². The normalized spacial score (nSPS) is 11.2. The van der Waals surface area contributed by atoms with Gasteiger partial charge in [-0.25, -0.2) is 0 Å². The summed E-state index contributed by atoms with van der Waals surface area (Å²) in [7, 11) is 0. The van der Waals surface area contributed by atoms with Crippen LogP contribution < -0.4 is 0 Å². The second-order valence-corrected chi connectivity index (χ2v) is 6.84. The summed E-state index contributed by atoms with van der Waals surface area (Å²) in [4.78, 5) is 13.1. The zero-order valence-electron chi connectivity index (χ0n) is 14.1. The minimum Gasteiger partial charge on any atom is -0.289 e. The summed E-state index contributed by atoms with van der Waals surface area (Å²) in [6.07, 6.45) is 1.88. The predicted molar refractivity (Wildman–Crippen MR) is 93.4 cm³/mol. The second-order valence-electron chi connectivity index (χ2n) is 6.84. The van der Waals surface area contributed by atoms with E-state index in [2.05, 4.69) is 39.8 Å². The third-order valence-corrected chi connectivity index (χ3v) is 3.78. The molecule has 2 aromatic rings. The Morgan fingerprint density at radius 2 is 1.09 bits per heavy atom. The van der Waals surface area contributed by atoms with Crippen molar-refractivity contribution in [3.8, 4) is 0 Å². The highest BCUT2D eigenvalue weighted by atomic mass is 16.1. The topological polar surface area (TPSA) is 17.1 Å². The third-order valence-electron chi connectivity index (χ3n) is 3.78. The fourth-order valence-corrected chi connectivity index (χ4v) is 2.86. The quantitative estimate of drug-likeness (QED) is 0.659. The van der Waals surface area contributed by atoms with Crippen LogP contribution in [0.2, 0.25) is 0 Å². The lowest BCUT2D eigenvalue weighted by atomic mass is 9.89. The van der Waals surface area contributed by atoms with Crippen molar-refractivity contribution in [3.63, 3.8) is 0 Å². The van der Waals surface area contributed by atoms with Crippen molar-refractivity contribution < 1.29 is 4.79 Å². The zero-order valence-corrected chi connectivity index (χ0v) is 14.1. The summed E-state index contributed by atoms with van der Waals surface area (Å²) in [5.74, 6) is 1.24. The number of hydrogen-bond donors (Lipinski definition) is 0. The standard InChI is InChI=1S/C21H26O/c1-15(2)13-17-9-5-7-11-19(17)21(22)20-12-8-6-10-18(20)14-16(3)4/h5-12,15-16H,13-14H2,1-4H3. The molecule has 116 valence electrons. The minimum atomic E-state index is 0.160. The van der Waals surface area contributed by atoms with Crippen molar-refractivity contribution in [2.45, 2.75) is 40.5 Å². The van der Waals surface area contributed by atoms with Crippen molar-refractivity contribution in [2.24, 2.45) is 11.8 Å². The van der Waals surface area contributed by atoms with Crippen molar-refractivity contribution >= 4 is 5.78 Å². The second kappa shape index (κ2) is 7.40. The number of carbonyl (C=O) groups excluding carboxylic acids is 1. The molecule has 2 rings (SSSR count). The van der Waals surface area contributed by atoms with Crippen LogP contribution in [0.15, 0.2) is 48.5 Å². The molecule has 1 heteroatoms. The van der Waals surface area contributed by atoms with Crippen LogP contribution in [0.5, 0.6) is 0 Å². The molecule has 0 aliphatic heterocycles. The Bertz CT molecular complexity index is 582. The van der Waals surface area contributed by atoms with Crippen molar-refractivity contribution in [1.29, 1.82) is 0 Å². The van der Waals surface area contributed by atoms with E-state index in [0.717, 1.165) is 35.1 Å². The molecule has 0 N–H and O–H groups in total. The molecule has 0 bridgehead atoms. The molecule has 0 aliphatic rings. The van der Waals surface area contributed by atoms with E-state index in [1.165, 1.54) is 0 Å². The van der Waals surface area contributed by atoms with Gasteiger partial charge in [0.1, 0.15) is 0 Å². The number of ketones is 1. The van der Waals surface area contributed by atoms with Crippen molar-refractivity contribution in [3.05, 3.63) is 70.8 Å². The molecule has 0 fully saturated rings. The first-order chi connectivity index (χ1) is 10.5. The summed E-state index contributed by atoms with van der Waals surface area (Å²) < 4.78 is 0. The molecule has 0 aromatic heterocycles. The number of rotatable bonds is 6. The zero-order chi connectivity index (χ0) is 16.1. The van der Waals surface area contributed by atoms with Gasteiger partial charge in [0.15, 0.2) is 5.78 Å². The largest absolute Gasteiger partial charge is 0.289 e. The van der Waals surface area contributed by atoms with Gasteiger partial charge in [-0.3, -0.25) is 4.79 Å². The number of carbonyl (C=O) groups is 1. The molecule has 0 spiro atoms. The van der Waals surface area contributed by atoms with Gasteiger partial charge >= 0.3 is 0 Å². The fraction of sp³-hybridized carbons (Fsp3) is 0.381. The monoisotopic (exact) mass is 294 g/mol. The lowest BCUT2D eigenvalue weighted by molar-refractivity contribution is 0.103. The minimum absolute atomic E-state index is 0.160. The van der Waals surface area contributed by atoms with E-state index < -0.39 is 0 Å². The highest BCUT2D eigenvalue weighted by molar-refractivity contribution is 6.10. The van der Waals surface area contributed by atoms with Crippen LogP contribution in [0, 0.1) is 11.8 Å². The first kappa shape index (κ1) is 16.5. The van der Waals surface area contributed by atoms with Gasteiger partial charge in [-0.2, -0.15) is 0 Å². The maximum absolute atomic E-state index is 13.1. The molecule has 0 saturated heterocycles. The highest BCUT2D eigenvalue weighted by Gasteiger charge is 2.17. The molecule has 2 aromatic carbocycles. The average molecular weight is 294 g/mol. The van der Waals surface area contributed by atoms with Gasteiger partial charge in [0.25, 0.3) is 0 Å². The van der Waals surface area contributed by atoms with E-state index in [0.29, 0.717) is 11.8 Å². The summed E-state index contributed by atoms with van der Waals surface area (Å²) in [5.41, 5.74) is 4.02. The maximum Gasteiger partial charge on any atom is 0.193 e. The van der Waals surface area contributed by atoms with Gasteiger partial charge in [-0.15, -0.1) is 0 Å². The Kier molecular flexibility index (Phi) is 5.54. The first-order valence-electron chi connectivity index (χ1n) is 8.19. The molecule has 0 saturated carbocycles. The van der Waals surface area contributed by atoms with E-state index in [4.69, 9.17) is 0 Å². The first-order valence-corrected chi connectivity index (χ1v) is 8.19. The number of hydrogen-bond acceptors (Lipinski definition) is 1. The SMILES string of the molecule is CC(C)Cc1ccccc1C(=O)c1ccccc1CC(C)C. The van der Waals surface area contributed by atoms with Gasteiger partial charge in [-0.05, 0) is 35.8 Å². The molecule has 0 unspecified atom stereocenters. The van der Waals surface area contributed by atoms with E-state index in [1.807, 2.05) is 36.4 Å². The van der Waals surface area contributed by atoms with Crippen LogP contribution in [-0.2, 0) is 12.8 Å². The molecule has 1 nitrogen and oxygen atoms in total. The lowest BCUT2D eigenvalue weighted by Gasteiger charge is -2.14. The summed E-state index contributed by atoms with van der Waals surface area (Å²) in [5, 5.41) is 0. The molecular formula is C21H26O. The van der Waals surface area contributed by atoms with Crippen molar-refractivity contribution in [1.82, 2.24) is 0 Å². The van der Waals surface area contributed by atoms with Crippen molar-refractivity contribution in [2.75, 3.05) is 0 Å². The van der Waals surface area contributed by atoms with E-state index in [-0.39, 0.29) is 5.78 Å². The average Bonchev–Trinajstić information content (AvgIpc) is 2.46. The lowest BCUT2D eigenvalue weighted by Crippen LogP contribution is -2.11. The van der Waals surface area contributed by atoms with Crippen LogP contribution in [0.4, 0.5) is 0 Å². The molecule has 0 radical (unpaired) electrons. The molecular weight excluding hydrogens is 268 g/mol. The molecule has 22 heavy (non-hydrogen) atoms. The maximum atomic E-state index is 13.1. The van der Waals surface area contributed by atoms with Crippen LogP contribution >= 0.6 is 0 Å². The van der Waals surface area contributed by atoms with Gasteiger partial charge in [0.05, 0.1) is 0 Å². The Morgan fingerprint density at radius 3 is 1.45 bits per heavy atom. The van der Waals surface area contributed by atoms with Gasteiger partial charge in [-0.1, -0.05) is 76.2 Å². The van der Waals surface area contributed by atoms with Gasteiger partial charge in [0, 0.05) is 11.1 Å². The summed E-state index contributed by atoms with van der Waals surface area (Å²) in [6, 6.07) is 16.1. The van der Waals surface area contributed by atoms with Crippen LogP contribution in [0.3, 0.4) is 0 Å². The molecule has 0 atom stereocenters. The van der Waals surface area contributed by atoms with Gasteiger partial charge in [0.2, 0.25) is 0 Å². The summed E-state index contributed by atoms with van der Waals surface area (Å²) in [6.45, 7) is 8.75. The van der Waals surface area contributed by atoms with E-state index >= 15 is 0 Å². The third kappa shape index (κ3) is 4.07. The smallest absolute Gasteiger partial charge is 0.193 e. The van der Waals surface area contributed by atoms with E-state index in [9.17, 15) is 4.79 Å². The van der Waals surface area contributed by atoms with Crippen LogP contribution in [0.25, 0.3) is 0 Å².